The van der Waals surface area contributed by atoms with Gasteiger partial charge in [-0.25, -0.2) is 12.8 Å². The van der Waals surface area contributed by atoms with Crippen LogP contribution in [0.15, 0.2) is 24.3 Å². The van der Waals surface area contributed by atoms with E-state index in [0.29, 0.717) is 11.3 Å². The number of nitrogens with zero attached hydrogens (tertiary/aromatic N) is 1. The lowest BCUT2D eigenvalue weighted by Crippen LogP contribution is -2.31. The molecule has 0 unspecified atom stereocenters. The molecule has 0 aliphatic carbocycles. The summed E-state index contributed by atoms with van der Waals surface area (Å²) in [7, 11) is -3.49. The number of amides is 1. The Labute approximate surface area is 127 Å². The number of aromatic nitrogens is 2. The fraction of sp³-hybridized carbons (Fsp3) is 0.286. The molecule has 8 heteroatoms. The number of halogens is 1. The first kappa shape index (κ1) is 16.2. The van der Waals surface area contributed by atoms with Gasteiger partial charge < -0.3 is 5.32 Å². The average Bonchev–Trinajstić information content (AvgIpc) is 2.87. The Morgan fingerprint density at radius 2 is 2.05 bits per heavy atom. The van der Waals surface area contributed by atoms with Crippen molar-refractivity contribution in [2.75, 3.05) is 11.6 Å². The Balaban J connectivity index is 2.22. The first-order chi connectivity index (χ1) is 10.2. The van der Waals surface area contributed by atoms with Crippen LogP contribution in [0.2, 0.25) is 0 Å². The number of aryl methyl sites for hydroxylation is 1. The van der Waals surface area contributed by atoms with Gasteiger partial charge in [0.1, 0.15) is 11.1 Å². The normalized spacial score (nSPS) is 12.9. The van der Waals surface area contributed by atoms with Crippen LogP contribution in [0.5, 0.6) is 0 Å². The highest BCUT2D eigenvalue weighted by Crippen LogP contribution is 2.24. The first-order valence-corrected chi connectivity index (χ1v) is 8.45. The van der Waals surface area contributed by atoms with E-state index in [-0.39, 0.29) is 5.82 Å². The Kier molecular flexibility index (Phi) is 4.32. The van der Waals surface area contributed by atoms with E-state index >= 15 is 0 Å². The predicted octanol–water partition coefficient (Wildman–Crippen LogP) is 1.90. The number of hydrogen-bond donors (Lipinski definition) is 2. The Morgan fingerprint density at radius 3 is 2.68 bits per heavy atom. The lowest BCUT2D eigenvalue weighted by Gasteiger charge is -2.07. The molecule has 0 radical (unpaired) electrons. The van der Waals surface area contributed by atoms with Crippen molar-refractivity contribution in [3.8, 4) is 11.3 Å². The van der Waals surface area contributed by atoms with Gasteiger partial charge in [-0.3, -0.25) is 9.89 Å². The van der Waals surface area contributed by atoms with E-state index in [9.17, 15) is 17.6 Å². The lowest BCUT2D eigenvalue weighted by molar-refractivity contribution is -0.115. The minimum Gasteiger partial charge on any atom is -0.308 e. The number of rotatable bonds is 4. The van der Waals surface area contributed by atoms with E-state index in [1.54, 1.807) is 12.1 Å². The van der Waals surface area contributed by atoms with Gasteiger partial charge in [-0.05, 0) is 26.0 Å². The molecule has 2 aromatic rings. The number of aromatic amines is 1. The van der Waals surface area contributed by atoms with Gasteiger partial charge in [-0.15, -0.1) is 0 Å². The summed E-state index contributed by atoms with van der Waals surface area (Å²) in [5, 5.41) is 7.67. The molecule has 0 saturated carbocycles. The molecule has 2 rings (SSSR count). The molecule has 0 bridgehead atoms. The summed E-state index contributed by atoms with van der Waals surface area (Å²) < 4.78 is 36.5. The molecule has 1 atom stereocenters. The minimum atomic E-state index is -3.49. The lowest BCUT2D eigenvalue weighted by atomic mass is 10.1. The van der Waals surface area contributed by atoms with Gasteiger partial charge in [0.15, 0.2) is 15.7 Å². The maximum Gasteiger partial charge on any atom is 0.243 e. The zero-order chi connectivity index (χ0) is 16.5. The number of anilines is 1. The minimum absolute atomic E-state index is 0.136. The van der Waals surface area contributed by atoms with E-state index in [2.05, 4.69) is 15.5 Å². The van der Waals surface area contributed by atoms with Crippen molar-refractivity contribution in [3.05, 3.63) is 35.6 Å². The SMILES string of the molecule is Cc1ccc(F)c(-c2cc(NC(=O)[C@H](C)S(C)(=O)=O)n[nH]2)c1. The third-order valence-corrected chi connectivity index (χ3v) is 4.75. The van der Waals surface area contributed by atoms with Crippen molar-refractivity contribution in [1.29, 1.82) is 0 Å². The zero-order valence-electron chi connectivity index (χ0n) is 12.3. The number of carbonyl (C=O) groups is 1. The Hall–Kier alpha value is -2.22. The van der Waals surface area contributed by atoms with Crippen LogP contribution in [0.1, 0.15) is 12.5 Å². The van der Waals surface area contributed by atoms with Gasteiger partial charge >= 0.3 is 0 Å². The van der Waals surface area contributed by atoms with E-state index in [0.717, 1.165) is 11.8 Å². The van der Waals surface area contributed by atoms with Crippen LogP contribution in [0.25, 0.3) is 11.3 Å². The van der Waals surface area contributed by atoms with Gasteiger partial charge in [0.25, 0.3) is 0 Å². The summed E-state index contributed by atoms with van der Waals surface area (Å²) in [6.07, 6.45) is 0.981. The molecule has 118 valence electrons. The maximum atomic E-state index is 13.8. The van der Waals surface area contributed by atoms with E-state index in [4.69, 9.17) is 0 Å². The highest BCUT2D eigenvalue weighted by atomic mass is 32.2. The summed E-state index contributed by atoms with van der Waals surface area (Å²) in [6.45, 7) is 3.12. The summed E-state index contributed by atoms with van der Waals surface area (Å²) in [5.74, 6) is -0.974. The second-order valence-electron chi connectivity index (χ2n) is 5.11. The van der Waals surface area contributed by atoms with Crippen LogP contribution in [0, 0.1) is 12.7 Å². The molecule has 1 aromatic heterocycles. The van der Waals surface area contributed by atoms with Crippen molar-refractivity contribution in [2.24, 2.45) is 0 Å². The van der Waals surface area contributed by atoms with Crippen molar-refractivity contribution in [3.63, 3.8) is 0 Å². The van der Waals surface area contributed by atoms with Gasteiger partial charge in [-0.1, -0.05) is 11.6 Å². The second-order valence-corrected chi connectivity index (χ2v) is 7.48. The Morgan fingerprint density at radius 1 is 1.36 bits per heavy atom. The fourth-order valence-corrected chi connectivity index (χ4v) is 2.24. The molecule has 0 aliphatic rings. The Bertz CT molecular complexity index is 814. The van der Waals surface area contributed by atoms with Crippen molar-refractivity contribution in [2.45, 2.75) is 19.1 Å². The number of hydrogen-bond acceptors (Lipinski definition) is 4. The van der Waals surface area contributed by atoms with Crippen molar-refractivity contribution >= 4 is 21.6 Å². The molecule has 0 spiro atoms. The largest absolute Gasteiger partial charge is 0.308 e. The van der Waals surface area contributed by atoms with Crippen molar-refractivity contribution < 1.29 is 17.6 Å². The van der Waals surface area contributed by atoms with E-state index in [1.165, 1.54) is 19.1 Å². The van der Waals surface area contributed by atoms with Crippen LogP contribution in [-0.4, -0.2) is 36.0 Å². The van der Waals surface area contributed by atoms with E-state index in [1.807, 2.05) is 6.92 Å². The third-order valence-electron chi connectivity index (χ3n) is 3.25. The molecule has 2 N–H and O–H groups in total. The van der Waals surface area contributed by atoms with Crippen LogP contribution < -0.4 is 5.32 Å². The summed E-state index contributed by atoms with van der Waals surface area (Å²) >= 11 is 0. The van der Waals surface area contributed by atoms with Crippen LogP contribution in [-0.2, 0) is 14.6 Å². The highest BCUT2D eigenvalue weighted by molar-refractivity contribution is 7.92. The quantitative estimate of drug-likeness (QED) is 0.898. The molecule has 1 aromatic carbocycles. The van der Waals surface area contributed by atoms with Crippen LogP contribution in [0.4, 0.5) is 10.2 Å². The standard InChI is InChI=1S/C14H16FN3O3S/c1-8-4-5-11(15)10(6-8)12-7-13(18-17-12)16-14(19)9(2)22(3,20)21/h4-7,9H,1-3H3,(H2,16,17,18,19)/t9-/m0/s1. The van der Waals surface area contributed by atoms with Gasteiger partial charge in [0.2, 0.25) is 5.91 Å². The third kappa shape index (κ3) is 3.51. The smallest absolute Gasteiger partial charge is 0.243 e. The molecule has 22 heavy (non-hydrogen) atoms. The fourth-order valence-electron chi connectivity index (χ4n) is 1.79. The zero-order valence-corrected chi connectivity index (χ0v) is 13.2. The second kappa shape index (κ2) is 5.88. The van der Waals surface area contributed by atoms with Gasteiger partial charge in [0, 0.05) is 17.9 Å². The molecule has 0 saturated heterocycles. The van der Waals surface area contributed by atoms with Crippen molar-refractivity contribution in [1.82, 2.24) is 10.2 Å². The molecule has 1 amide bonds. The van der Waals surface area contributed by atoms with Crippen LogP contribution in [0.3, 0.4) is 0 Å². The predicted molar refractivity (Wildman–Crippen MR) is 81.7 cm³/mol. The van der Waals surface area contributed by atoms with Gasteiger partial charge in [0.05, 0.1) is 5.69 Å². The summed E-state index contributed by atoms with van der Waals surface area (Å²) in [5.41, 5.74) is 1.59. The molecule has 0 aliphatic heterocycles. The number of sulfone groups is 1. The monoisotopic (exact) mass is 325 g/mol. The summed E-state index contributed by atoms with van der Waals surface area (Å²) in [4.78, 5) is 11.8. The molecule has 1 heterocycles. The highest BCUT2D eigenvalue weighted by Gasteiger charge is 2.24. The van der Waals surface area contributed by atoms with Crippen LogP contribution >= 0.6 is 0 Å². The number of nitrogens with one attached hydrogen (secondary N) is 2. The molecular formula is C14H16FN3O3S. The number of benzene rings is 1. The van der Waals surface area contributed by atoms with E-state index < -0.39 is 26.8 Å². The van der Waals surface area contributed by atoms with Gasteiger partial charge in [-0.2, -0.15) is 5.10 Å². The summed E-state index contributed by atoms with van der Waals surface area (Å²) in [6, 6.07) is 6.08. The first-order valence-electron chi connectivity index (χ1n) is 6.50. The number of H-pyrrole nitrogens is 1. The maximum absolute atomic E-state index is 13.8. The molecular weight excluding hydrogens is 309 g/mol. The number of carbonyl (C=O) groups excluding carboxylic acids is 1. The molecule has 0 fully saturated rings. The topological polar surface area (TPSA) is 91.9 Å². The molecule has 6 nitrogen and oxygen atoms in total. The average molecular weight is 325 g/mol.